The molecule has 0 saturated carbocycles. The number of esters is 1. The maximum absolute atomic E-state index is 11.9. The smallest absolute Gasteiger partial charge is 0.303 e. The molecule has 1 aromatic rings. The lowest BCUT2D eigenvalue weighted by Gasteiger charge is -2.12. The van der Waals surface area contributed by atoms with E-state index in [1.807, 2.05) is 18.2 Å². The van der Waals surface area contributed by atoms with Crippen LogP contribution in [0.5, 0.6) is 0 Å². The molecule has 3 heteroatoms. The summed E-state index contributed by atoms with van der Waals surface area (Å²) in [4.78, 5) is 23.0. The molecule has 1 unspecified atom stereocenters. The van der Waals surface area contributed by atoms with E-state index < -0.39 is 0 Å². The standard InChI is InChI=1S/C17H22O3/c1-3-4-6-11-16(20-14(2)18)12-13-17(19)15-9-7-5-8-10-15/h5,7-10,12-13,16H,3-4,6,11H2,1-2H3/b13-12+. The van der Waals surface area contributed by atoms with Crippen molar-refractivity contribution in [1.29, 1.82) is 0 Å². The van der Waals surface area contributed by atoms with Gasteiger partial charge in [-0.3, -0.25) is 9.59 Å². The zero-order valence-corrected chi connectivity index (χ0v) is 12.2. The monoisotopic (exact) mass is 274 g/mol. The average molecular weight is 274 g/mol. The Balaban J connectivity index is 2.60. The number of hydrogen-bond acceptors (Lipinski definition) is 3. The summed E-state index contributed by atoms with van der Waals surface area (Å²) < 4.78 is 5.21. The molecule has 0 heterocycles. The van der Waals surface area contributed by atoms with E-state index in [1.54, 1.807) is 18.2 Å². The first-order valence-electron chi connectivity index (χ1n) is 7.08. The summed E-state index contributed by atoms with van der Waals surface area (Å²) in [7, 11) is 0. The molecule has 20 heavy (non-hydrogen) atoms. The van der Waals surface area contributed by atoms with Gasteiger partial charge in [0, 0.05) is 12.5 Å². The molecule has 1 rings (SSSR count). The number of unbranched alkanes of at least 4 members (excludes halogenated alkanes) is 2. The number of carbonyl (C=O) groups excluding carboxylic acids is 2. The number of allylic oxidation sites excluding steroid dienone is 1. The van der Waals surface area contributed by atoms with Gasteiger partial charge < -0.3 is 4.74 Å². The summed E-state index contributed by atoms with van der Waals surface area (Å²) in [5.41, 5.74) is 0.638. The second-order valence-corrected chi connectivity index (χ2v) is 4.73. The highest BCUT2D eigenvalue weighted by molar-refractivity contribution is 6.04. The fourth-order valence-corrected chi connectivity index (χ4v) is 1.90. The second kappa shape index (κ2) is 9.08. The first-order chi connectivity index (χ1) is 9.63. The van der Waals surface area contributed by atoms with Gasteiger partial charge in [-0.1, -0.05) is 50.1 Å². The summed E-state index contributed by atoms with van der Waals surface area (Å²) in [6.07, 6.45) is 6.82. The van der Waals surface area contributed by atoms with Gasteiger partial charge in [-0.2, -0.15) is 0 Å². The second-order valence-electron chi connectivity index (χ2n) is 4.73. The third-order valence-corrected chi connectivity index (χ3v) is 2.93. The molecular formula is C17H22O3. The Bertz CT molecular complexity index is 449. The summed E-state index contributed by atoms with van der Waals surface area (Å²) in [5, 5.41) is 0. The summed E-state index contributed by atoms with van der Waals surface area (Å²) in [6, 6.07) is 9.06. The quantitative estimate of drug-likeness (QED) is 0.312. The van der Waals surface area contributed by atoms with Crippen LogP contribution in [0.2, 0.25) is 0 Å². The van der Waals surface area contributed by atoms with Crippen LogP contribution in [0.15, 0.2) is 42.5 Å². The summed E-state index contributed by atoms with van der Waals surface area (Å²) in [6.45, 7) is 3.51. The molecule has 0 radical (unpaired) electrons. The minimum atomic E-state index is -0.316. The lowest BCUT2D eigenvalue weighted by Crippen LogP contribution is -2.14. The fraction of sp³-hybridized carbons (Fsp3) is 0.412. The van der Waals surface area contributed by atoms with Crippen LogP contribution in [0.25, 0.3) is 0 Å². The Hall–Kier alpha value is -1.90. The molecule has 0 spiro atoms. The van der Waals surface area contributed by atoms with Crippen molar-refractivity contribution in [3.05, 3.63) is 48.0 Å². The summed E-state index contributed by atoms with van der Waals surface area (Å²) >= 11 is 0. The minimum Gasteiger partial charge on any atom is -0.458 e. The van der Waals surface area contributed by atoms with Crippen LogP contribution >= 0.6 is 0 Å². The van der Waals surface area contributed by atoms with Gasteiger partial charge in [-0.05, 0) is 25.0 Å². The molecule has 0 amide bonds. The van der Waals surface area contributed by atoms with Gasteiger partial charge in [0.2, 0.25) is 0 Å². The van der Waals surface area contributed by atoms with E-state index in [9.17, 15) is 9.59 Å². The number of ether oxygens (including phenoxy) is 1. The molecule has 3 nitrogen and oxygen atoms in total. The van der Waals surface area contributed by atoms with E-state index in [0.717, 1.165) is 25.7 Å². The predicted octanol–water partition coefficient (Wildman–Crippen LogP) is 3.94. The third-order valence-electron chi connectivity index (χ3n) is 2.93. The zero-order chi connectivity index (χ0) is 14.8. The minimum absolute atomic E-state index is 0.0711. The van der Waals surface area contributed by atoms with Gasteiger partial charge in [-0.15, -0.1) is 0 Å². The van der Waals surface area contributed by atoms with Crippen molar-refractivity contribution in [2.24, 2.45) is 0 Å². The van der Waals surface area contributed by atoms with Gasteiger partial charge in [0.05, 0.1) is 0 Å². The Labute approximate surface area is 120 Å². The highest BCUT2D eigenvalue weighted by atomic mass is 16.5. The molecular weight excluding hydrogens is 252 g/mol. The van der Waals surface area contributed by atoms with Crippen molar-refractivity contribution in [2.75, 3.05) is 0 Å². The van der Waals surface area contributed by atoms with E-state index in [0.29, 0.717) is 5.56 Å². The number of rotatable bonds is 8. The van der Waals surface area contributed by atoms with E-state index in [-0.39, 0.29) is 17.9 Å². The molecule has 108 valence electrons. The molecule has 1 atom stereocenters. The Morgan fingerprint density at radius 2 is 1.90 bits per heavy atom. The SMILES string of the molecule is CCCCCC(/C=C/C(=O)c1ccccc1)OC(C)=O. The van der Waals surface area contributed by atoms with Crippen LogP contribution in [0.3, 0.4) is 0 Å². The lowest BCUT2D eigenvalue weighted by molar-refractivity contribution is -0.144. The molecule has 0 N–H and O–H groups in total. The van der Waals surface area contributed by atoms with Gasteiger partial charge in [-0.25, -0.2) is 0 Å². The van der Waals surface area contributed by atoms with Crippen molar-refractivity contribution in [3.63, 3.8) is 0 Å². The Kier molecular flexibility index (Phi) is 7.33. The van der Waals surface area contributed by atoms with Crippen LogP contribution < -0.4 is 0 Å². The van der Waals surface area contributed by atoms with Crippen molar-refractivity contribution < 1.29 is 14.3 Å². The van der Waals surface area contributed by atoms with Crippen LogP contribution in [-0.2, 0) is 9.53 Å². The summed E-state index contributed by atoms with van der Waals surface area (Å²) in [5.74, 6) is -0.387. The van der Waals surface area contributed by atoms with Gasteiger partial charge >= 0.3 is 5.97 Å². The van der Waals surface area contributed by atoms with Crippen LogP contribution in [0.1, 0.15) is 49.9 Å². The van der Waals surface area contributed by atoms with Gasteiger partial charge in [0.25, 0.3) is 0 Å². The number of ketones is 1. The van der Waals surface area contributed by atoms with E-state index in [4.69, 9.17) is 4.74 Å². The highest BCUT2D eigenvalue weighted by Gasteiger charge is 2.09. The van der Waals surface area contributed by atoms with Crippen molar-refractivity contribution in [3.8, 4) is 0 Å². The number of hydrogen-bond donors (Lipinski definition) is 0. The third kappa shape index (κ3) is 6.32. The number of benzene rings is 1. The molecule has 0 aromatic heterocycles. The normalized spacial score (nSPS) is 12.3. The number of carbonyl (C=O) groups is 2. The van der Waals surface area contributed by atoms with Gasteiger partial charge in [0.15, 0.2) is 5.78 Å². The van der Waals surface area contributed by atoms with Gasteiger partial charge in [0.1, 0.15) is 6.10 Å². The first-order valence-corrected chi connectivity index (χ1v) is 7.08. The molecule has 0 saturated heterocycles. The Morgan fingerprint density at radius 3 is 2.50 bits per heavy atom. The first kappa shape index (κ1) is 16.2. The van der Waals surface area contributed by atoms with Crippen LogP contribution in [0.4, 0.5) is 0 Å². The fourth-order valence-electron chi connectivity index (χ4n) is 1.90. The molecule has 0 aliphatic heterocycles. The van der Waals surface area contributed by atoms with E-state index in [2.05, 4.69) is 6.92 Å². The topological polar surface area (TPSA) is 43.4 Å². The maximum Gasteiger partial charge on any atom is 0.303 e. The molecule has 1 aromatic carbocycles. The van der Waals surface area contributed by atoms with Crippen LogP contribution in [-0.4, -0.2) is 17.9 Å². The van der Waals surface area contributed by atoms with Crippen LogP contribution in [0, 0.1) is 0 Å². The Morgan fingerprint density at radius 1 is 1.20 bits per heavy atom. The molecule has 0 aliphatic rings. The van der Waals surface area contributed by atoms with E-state index in [1.165, 1.54) is 13.0 Å². The van der Waals surface area contributed by atoms with Crippen molar-refractivity contribution >= 4 is 11.8 Å². The average Bonchev–Trinajstić information content (AvgIpc) is 2.45. The molecule has 0 fully saturated rings. The molecule has 0 bridgehead atoms. The molecule has 0 aliphatic carbocycles. The van der Waals surface area contributed by atoms with E-state index >= 15 is 0 Å². The van der Waals surface area contributed by atoms with Crippen molar-refractivity contribution in [2.45, 2.75) is 45.6 Å². The predicted molar refractivity (Wildman–Crippen MR) is 79.6 cm³/mol. The lowest BCUT2D eigenvalue weighted by atomic mass is 10.1. The largest absolute Gasteiger partial charge is 0.458 e. The van der Waals surface area contributed by atoms with Crippen molar-refractivity contribution in [1.82, 2.24) is 0 Å². The zero-order valence-electron chi connectivity index (χ0n) is 12.2. The maximum atomic E-state index is 11.9. The highest BCUT2D eigenvalue weighted by Crippen LogP contribution is 2.10.